The maximum atomic E-state index is 11.8. The van der Waals surface area contributed by atoms with Gasteiger partial charge in [-0.15, -0.1) is 0 Å². The molecule has 1 aliphatic rings. The smallest absolute Gasteiger partial charge is 0.354 e. The van der Waals surface area contributed by atoms with Gasteiger partial charge in [0.25, 0.3) is 0 Å². The van der Waals surface area contributed by atoms with Crippen LogP contribution in [0.25, 0.3) is 0 Å². The van der Waals surface area contributed by atoms with Crippen LogP contribution in [0.3, 0.4) is 0 Å². The number of thioether (sulfide) groups is 1. The van der Waals surface area contributed by atoms with Gasteiger partial charge < -0.3 is 10.4 Å². The molecule has 5 nitrogen and oxygen atoms in total. The number of carboxylic acids is 1. The van der Waals surface area contributed by atoms with Crippen LogP contribution in [0.5, 0.6) is 0 Å². The van der Waals surface area contributed by atoms with Gasteiger partial charge in [-0.05, 0) is 41.9 Å². The minimum Gasteiger partial charge on any atom is -0.477 e. The van der Waals surface area contributed by atoms with Crippen LogP contribution >= 0.6 is 11.8 Å². The van der Waals surface area contributed by atoms with E-state index in [0.29, 0.717) is 18.9 Å². The lowest BCUT2D eigenvalue weighted by atomic mass is 9.98. The quantitative estimate of drug-likeness (QED) is 0.867. The van der Waals surface area contributed by atoms with Gasteiger partial charge in [0.05, 0.1) is 0 Å². The van der Waals surface area contributed by atoms with Gasteiger partial charge in [-0.2, -0.15) is 11.8 Å². The van der Waals surface area contributed by atoms with E-state index in [1.54, 1.807) is 6.07 Å². The minimum absolute atomic E-state index is 0.0137. The van der Waals surface area contributed by atoms with Gasteiger partial charge in [0.1, 0.15) is 5.69 Å². The van der Waals surface area contributed by atoms with Crippen molar-refractivity contribution in [3.05, 3.63) is 29.6 Å². The normalized spacial score (nSPS) is 15.8. The first-order chi connectivity index (χ1) is 9.65. The first-order valence-corrected chi connectivity index (χ1v) is 7.83. The van der Waals surface area contributed by atoms with Crippen molar-refractivity contribution in [1.29, 1.82) is 0 Å². The summed E-state index contributed by atoms with van der Waals surface area (Å²) in [6.45, 7) is 0.396. The summed E-state index contributed by atoms with van der Waals surface area (Å²) in [6, 6.07) is 3.12. The number of hydrogen-bond acceptors (Lipinski definition) is 4. The molecule has 0 atom stereocenters. The van der Waals surface area contributed by atoms with Crippen molar-refractivity contribution >= 4 is 23.6 Å². The first-order valence-electron chi connectivity index (χ1n) is 6.68. The molecule has 20 heavy (non-hydrogen) atoms. The molecule has 2 N–H and O–H groups in total. The van der Waals surface area contributed by atoms with Crippen molar-refractivity contribution in [3.63, 3.8) is 0 Å². The number of carboxylic acid groups (broad SMARTS) is 1. The van der Waals surface area contributed by atoms with Gasteiger partial charge in [0, 0.05) is 19.2 Å². The van der Waals surface area contributed by atoms with Crippen LogP contribution in [-0.2, 0) is 11.3 Å². The Bertz CT molecular complexity index is 470. The number of carbonyl (C=O) groups is 2. The molecule has 6 heteroatoms. The molecule has 0 radical (unpaired) electrons. The van der Waals surface area contributed by atoms with E-state index < -0.39 is 5.97 Å². The van der Waals surface area contributed by atoms with E-state index >= 15 is 0 Å². The Morgan fingerprint density at radius 3 is 2.70 bits per heavy atom. The van der Waals surface area contributed by atoms with Gasteiger partial charge >= 0.3 is 5.97 Å². The van der Waals surface area contributed by atoms with Crippen molar-refractivity contribution in [1.82, 2.24) is 10.3 Å². The molecule has 1 aromatic rings. The van der Waals surface area contributed by atoms with Crippen LogP contribution in [0.15, 0.2) is 18.3 Å². The summed E-state index contributed by atoms with van der Waals surface area (Å²) < 4.78 is 0. The number of pyridine rings is 1. The summed E-state index contributed by atoms with van der Waals surface area (Å²) in [5, 5.41) is 11.6. The van der Waals surface area contributed by atoms with Gasteiger partial charge in [-0.3, -0.25) is 4.79 Å². The third-order valence-electron chi connectivity index (χ3n) is 3.35. The fourth-order valence-electron chi connectivity index (χ4n) is 2.14. The highest BCUT2D eigenvalue weighted by Crippen LogP contribution is 2.25. The standard InChI is InChI=1S/C14H18N2O3S/c17-13(7-10-3-5-20-6-4-10)16-9-11-1-2-12(14(18)19)15-8-11/h1-2,8,10H,3-7,9H2,(H,16,17)(H,18,19). The Morgan fingerprint density at radius 1 is 1.35 bits per heavy atom. The van der Waals surface area contributed by atoms with E-state index in [1.165, 1.54) is 12.3 Å². The minimum atomic E-state index is -1.05. The number of rotatable bonds is 5. The third-order valence-corrected chi connectivity index (χ3v) is 4.40. The number of nitrogens with zero attached hydrogens (tertiary/aromatic N) is 1. The summed E-state index contributed by atoms with van der Waals surface area (Å²) >= 11 is 1.95. The number of hydrogen-bond donors (Lipinski definition) is 2. The average Bonchev–Trinajstić information content (AvgIpc) is 2.46. The fraction of sp³-hybridized carbons (Fsp3) is 0.500. The zero-order valence-electron chi connectivity index (χ0n) is 11.2. The van der Waals surface area contributed by atoms with Crippen molar-refractivity contribution in [3.8, 4) is 0 Å². The molecular weight excluding hydrogens is 276 g/mol. The van der Waals surface area contributed by atoms with Gasteiger partial charge in [-0.1, -0.05) is 6.07 Å². The molecule has 0 aromatic carbocycles. The average molecular weight is 294 g/mol. The lowest BCUT2D eigenvalue weighted by Gasteiger charge is -2.20. The number of carbonyl (C=O) groups excluding carboxylic acids is 1. The molecule has 1 aliphatic heterocycles. The molecule has 0 bridgehead atoms. The molecule has 1 saturated heterocycles. The van der Waals surface area contributed by atoms with Crippen LogP contribution in [0.4, 0.5) is 0 Å². The predicted octanol–water partition coefficient (Wildman–Crippen LogP) is 1.93. The largest absolute Gasteiger partial charge is 0.477 e. The van der Waals surface area contributed by atoms with Crippen LogP contribution in [0, 0.1) is 5.92 Å². The molecule has 0 aliphatic carbocycles. The summed E-state index contributed by atoms with van der Waals surface area (Å²) in [7, 11) is 0. The van der Waals surface area contributed by atoms with Gasteiger partial charge in [0.2, 0.25) is 5.91 Å². The zero-order valence-corrected chi connectivity index (χ0v) is 12.0. The summed E-state index contributed by atoms with van der Waals surface area (Å²) in [4.78, 5) is 26.3. The highest BCUT2D eigenvalue weighted by Gasteiger charge is 2.17. The molecule has 108 valence electrons. The van der Waals surface area contributed by atoms with E-state index in [4.69, 9.17) is 5.11 Å². The molecule has 1 amide bonds. The van der Waals surface area contributed by atoms with Gasteiger partial charge in [0.15, 0.2) is 0 Å². The second-order valence-electron chi connectivity index (χ2n) is 4.89. The van der Waals surface area contributed by atoms with Crippen LogP contribution in [0.2, 0.25) is 0 Å². The van der Waals surface area contributed by atoms with Crippen molar-refractivity contribution < 1.29 is 14.7 Å². The summed E-state index contributed by atoms with van der Waals surface area (Å²) in [5.74, 6) is 1.82. The molecule has 1 fully saturated rings. The molecule has 0 saturated carbocycles. The molecule has 2 rings (SSSR count). The molecule has 2 heterocycles. The third kappa shape index (κ3) is 4.52. The van der Waals surface area contributed by atoms with Crippen molar-refractivity contribution in [2.24, 2.45) is 5.92 Å². The first kappa shape index (κ1) is 14.8. The van der Waals surface area contributed by atoms with Crippen LogP contribution in [0.1, 0.15) is 35.3 Å². The van der Waals surface area contributed by atoms with Crippen LogP contribution in [-0.4, -0.2) is 33.5 Å². The SMILES string of the molecule is O=C(CC1CCSCC1)NCc1ccc(C(=O)O)nc1. The Balaban J connectivity index is 1.76. The molecule has 1 aromatic heterocycles. The second-order valence-corrected chi connectivity index (χ2v) is 6.12. The maximum Gasteiger partial charge on any atom is 0.354 e. The second kappa shape index (κ2) is 7.28. The Morgan fingerprint density at radius 2 is 2.10 bits per heavy atom. The van der Waals surface area contributed by atoms with E-state index in [2.05, 4.69) is 10.3 Å². The zero-order chi connectivity index (χ0) is 14.4. The summed E-state index contributed by atoms with van der Waals surface area (Å²) in [5.41, 5.74) is 0.822. The van der Waals surface area contributed by atoms with E-state index in [0.717, 1.165) is 29.9 Å². The number of aromatic nitrogens is 1. The number of nitrogens with one attached hydrogen (secondary N) is 1. The van der Waals surface area contributed by atoms with E-state index in [1.807, 2.05) is 11.8 Å². The molecule has 0 unspecified atom stereocenters. The fourth-order valence-corrected chi connectivity index (χ4v) is 3.35. The highest BCUT2D eigenvalue weighted by molar-refractivity contribution is 7.99. The van der Waals surface area contributed by atoms with E-state index in [9.17, 15) is 9.59 Å². The summed E-state index contributed by atoms with van der Waals surface area (Å²) in [6.07, 6.45) is 4.31. The molecular formula is C14H18N2O3S. The van der Waals surface area contributed by atoms with Gasteiger partial charge in [-0.25, -0.2) is 9.78 Å². The van der Waals surface area contributed by atoms with Crippen LogP contribution < -0.4 is 5.32 Å². The maximum absolute atomic E-state index is 11.8. The number of amides is 1. The van der Waals surface area contributed by atoms with E-state index in [-0.39, 0.29) is 11.6 Å². The lowest BCUT2D eigenvalue weighted by molar-refractivity contribution is -0.122. The Kier molecular flexibility index (Phi) is 5.40. The monoisotopic (exact) mass is 294 g/mol. The highest BCUT2D eigenvalue weighted by atomic mass is 32.2. The Hall–Kier alpha value is -1.56. The van der Waals surface area contributed by atoms with Crippen molar-refractivity contribution in [2.45, 2.75) is 25.8 Å². The molecule has 0 spiro atoms. The number of aromatic carboxylic acids is 1. The predicted molar refractivity (Wildman–Crippen MR) is 77.7 cm³/mol. The Labute approximate surface area is 122 Å². The topological polar surface area (TPSA) is 79.3 Å². The lowest BCUT2D eigenvalue weighted by Crippen LogP contribution is -2.26. The van der Waals surface area contributed by atoms with Crippen molar-refractivity contribution in [2.75, 3.05) is 11.5 Å².